The fourth-order valence-corrected chi connectivity index (χ4v) is 1.85. The molecule has 0 spiro atoms. The van der Waals surface area contributed by atoms with Crippen molar-refractivity contribution in [3.8, 4) is 0 Å². The summed E-state index contributed by atoms with van der Waals surface area (Å²) in [4.78, 5) is 11.6. The van der Waals surface area contributed by atoms with E-state index < -0.39 is 0 Å². The summed E-state index contributed by atoms with van der Waals surface area (Å²) in [6.07, 6.45) is 5.66. The van der Waals surface area contributed by atoms with Crippen molar-refractivity contribution in [2.45, 2.75) is 25.7 Å². The van der Waals surface area contributed by atoms with Crippen LogP contribution in [0.2, 0.25) is 0 Å². The largest absolute Gasteiger partial charge is 0.294 e. The molecular formula is C13H14O. The van der Waals surface area contributed by atoms with Crippen LogP contribution < -0.4 is 0 Å². The number of ketones is 1. The summed E-state index contributed by atoms with van der Waals surface area (Å²) in [5.74, 6) is 0.348. The molecule has 0 fully saturated rings. The molecule has 1 atom stereocenters. The van der Waals surface area contributed by atoms with Crippen LogP contribution in [0.1, 0.15) is 29.9 Å². The van der Waals surface area contributed by atoms with Gasteiger partial charge in [-0.25, -0.2) is 0 Å². The van der Waals surface area contributed by atoms with E-state index in [4.69, 9.17) is 0 Å². The van der Waals surface area contributed by atoms with Gasteiger partial charge in [0.25, 0.3) is 0 Å². The maximum atomic E-state index is 11.6. The van der Waals surface area contributed by atoms with E-state index in [1.807, 2.05) is 6.08 Å². The Labute approximate surface area is 84.5 Å². The zero-order valence-corrected chi connectivity index (χ0v) is 8.36. The van der Waals surface area contributed by atoms with Crippen molar-refractivity contribution in [1.82, 2.24) is 0 Å². The molecule has 72 valence electrons. The van der Waals surface area contributed by atoms with Gasteiger partial charge in [-0.2, -0.15) is 0 Å². The van der Waals surface area contributed by atoms with E-state index in [-0.39, 0.29) is 11.7 Å². The normalized spacial score (nSPS) is 21.2. The second kappa shape index (κ2) is 3.79. The first-order valence-electron chi connectivity index (χ1n) is 5.04. The van der Waals surface area contributed by atoms with Gasteiger partial charge < -0.3 is 0 Å². The number of allylic oxidation sites excluding steroid dienone is 2. The molecule has 0 aliphatic heterocycles. The molecule has 0 amide bonds. The quantitative estimate of drug-likeness (QED) is 0.659. The standard InChI is InChI=1S/C13H14O/c1-10-6-8-11(9-7-10)12-4-2-3-5-13(12)14/h3,5-9,12H,2,4H2,1H3. The van der Waals surface area contributed by atoms with Gasteiger partial charge in [-0.1, -0.05) is 35.9 Å². The molecule has 1 aromatic rings. The Bertz CT molecular complexity index is 359. The molecule has 1 aliphatic carbocycles. The van der Waals surface area contributed by atoms with Crippen molar-refractivity contribution in [2.75, 3.05) is 0 Å². The summed E-state index contributed by atoms with van der Waals surface area (Å²) >= 11 is 0. The van der Waals surface area contributed by atoms with Crippen LogP contribution in [0, 0.1) is 6.92 Å². The lowest BCUT2D eigenvalue weighted by Crippen LogP contribution is -2.12. The van der Waals surface area contributed by atoms with Crippen molar-refractivity contribution in [1.29, 1.82) is 0 Å². The molecule has 0 bridgehead atoms. The van der Waals surface area contributed by atoms with Crippen molar-refractivity contribution >= 4 is 5.78 Å². The Hall–Kier alpha value is -1.37. The maximum Gasteiger partial charge on any atom is 0.162 e. The van der Waals surface area contributed by atoms with Crippen LogP contribution in [-0.4, -0.2) is 5.78 Å². The first kappa shape index (κ1) is 9.20. The second-order valence-corrected chi connectivity index (χ2v) is 3.85. The van der Waals surface area contributed by atoms with Crippen LogP contribution in [0.5, 0.6) is 0 Å². The minimum atomic E-state index is 0.0978. The average Bonchev–Trinajstić information content (AvgIpc) is 2.20. The van der Waals surface area contributed by atoms with Crippen LogP contribution in [0.3, 0.4) is 0 Å². The molecule has 2 rings (SSSR count). The lowest BCUT2D eigenvalue weighted by atomic mass is 9.86. The van der Waals surface area contributed by atoms with Crippen molar-refractivity contribution in [2.24, 2.45) is 0 Å². The highest BCUT2D eigenvalue weighted by Gasteiger charge is 2.19. The van der Waals surface area contributed by atoms with E-state index in [0.29, 0.717) is 0 Å². The van der Waals surface area contributed by atoms with Gasteiger partial charge >= 0.3 is 0 Å². The average molecular weight is 186 g/mol. The molecule has 0 heterocycles. The molecule has 0 saturated carbocycles. The van der Waals surface area contributed by atoms with E-state index in [2.05, 4.69) is 31.2 Å². The third-order valence-corrected chi connectivity index (χ3v) is 2.73. The third-order valence-electron chi connectivity index (χ3n) is 2.73. The zero-order valence-electron chi connectivity index (χ0n) is 8.36. The number of hydrogen-bond donors (Lipinski definition) is 0. The minimum absolute atomic E-state index is 0.0978. The number of benzene rings is 1. The molecule has 1 unspecified atom stereocenters. The highest BCUT2D eigenvalue weighted by molar-refractivity contribution is 5.96. The number of aryl methyl sites for hydroxylation is 1. The lowest BCUT2D eigenvalue weighted by molar-refractivity contribution is -0.116. The Kier molecular flexibility index (Phi) is 2.49. The van der Waals surface area contributed by atoms with Crippen molar-refractivity contribution in [3.05, 3.63) is 47.5 Å². The summed E-state index contributed by atoms with van der Waals surface area (Å²) in [7, 11) is 0. The molecule has 0 radical (unpaired) electrons. The SMILES string of the molecule is Cc1ccc(C2CCC=CC2=O)cc1. The van der Waals surface area contributed by atoms with E-state index in [9.17, 15) is 4.79 Å². The van der Waals surface area contributed by atoms with Crippen LogP contribution in [0.15, 0.2) is 36.4 Å². The fraction of sp³-hybridized carbons (Fsp3) is 0.308. The predicted octanol–water partition coefficient (Wildman–Crippen LogP) is 3.00. The highest BCUT2D eigenvalue weighted by Crippen LogP contribution is 2.26. The smallest absolute Gasteiger partial charge is 0.162 e. The molecule has 14 heavy (non-hydrogen) atoms. The predicted molar refractivity (Wildman–Crippen MR) is 57.3 cm³/mol. The molecule has 0 saturated heterocycles. The monoisotopic (exact) mass is 186 g/mol. The van der Waals surface area contributed by atoms with Gasteiger partial charge in [0.15, 0.2) is 5.78 Å². The highest BCUT2D eigenvalue weighted by atomic mass is 16.1. The topological polar surface area (TPSA) is 17.1 Å². The van der Waals surface area contributed by atoms with Crippen LogP contribution in [0.25, 0.3) is 0 Å². The van der Waals surface area contributed by atoms with Gasteiger partial charge in [0.2, 0.25) is 0 Å². The zero-order chi connectivity index (χ0) is 9.97. The number of hydrogen-bond acceptors (Lipinski definition) is 1. The van der Waals surface area contributed by atoms with Gasteiger partial charge in [0.1, 0.15) is 0 Å². The Morgan fingerprint density at radius 3 is 2.57 bits per heavy atom. The number of rotatable bonds is 1. The van der Waals surface area contributed by atoms with Gasteiger partial charge in [-0.05, 0) is 31.4 Å². The molecule has 1 aromatic carbocycles. The molecule has 0 N–H and O–H groups in total. The molecule has 0 aromatic heterocycles. The van der Waals surface area contributed by atoms with Crippen LogP contribution in [0.4, 0.5) is 0 Å². The summed E-state index contributed by atoms with van der Waals surface area (Å²) in [5, 5.41) is 0. The molecule has 1 nitrogen and oxygen atoms in total. The molecule has 1 heteroatoms. The minimum Gasteiger partial charge on any atom is -0.294 e. The third kappa shape index (κ3) is 1.77. The number of carbonyl (C=O) groups excluding carboxylic acids is 1. The van der Waals surface area contributed by atoms with E-state index in [0.717, 1.165) is 18.4 Å². The molecular weight excluding hydrogens is 172 g/mol. The van der Waals surface area contributed by atoms with Gasteiger partial charge in [0.05, 0.1) is 0 Å². The first-order valence-corrected chi connectivity index (χ1v) is 5.04. The molecule has 1 aliphatic rings. The van der Waals surface area contributed by atoms with E-state index in [1.165, 1.54) is 5.56 Å². The van der Waals surface area contributed by atoms with Gasteiger partial charge in [-0.3, -0.25) is 4.79 Å². The second-order valence-electron chi connectivity index (χ2n) is 3.85. The lowest BCUT2D eigenvalue weighted by Gasteiger charge is -2.16. The van der Waals surface area contributed by atoms with Crippen LogP contribution in [-0.2, 0) is 4.79 Å². The Balaban J connectivity index is 2.26. The van der Waals surface area contributed by atoms with E-state index >= 15 is 0 Å². The van der Waals surface area contributed by atoms with Gasteiger partial charge in [-0.15, -0.1) is 0 Å². The summed E-state index contributed by atoms with van der Waals surface area (Å²) in [5.41, 5.74) is 2.40. The maximum absolute atomic E-state index is 11.6. The van der Waals surface area contributed by atoms with E-state index in [1.54, 1.807) is 6.08 Å². The number of carbonyl (C=O) groups is 1. The van der Waals surface area contributed by atoms with Gasteiger partial charge in [0, 0.05) is 5.92 Å². The fourth-order valence-electron chi connectivity index (χ4n) is 1.85. The Morgan fingerprint density at radius 1 is 1.21 bits per heavy atom. The first-order chi connectivity index (χ1) is 6.77. The van der Waals surface area contributed by atoms with Crippen molar-refractivity contribution < 1.29 is 4.79 Å². The Morgan fingerprint density at radius 2 is 1.93 bits per heavy atom. The van der Waals surface area contributed by atoms with Crippen molar-refractivity contribution in [3.63, 3.8) is 0 Å². The summed E-state index contributed by atoms with van der Waals surface area (Å²) in [6.45, 7) is 2.06. The summed E-state index contributed by atoms with van der Waals surface area (Å²) in [6, 6.07) is 8.27. The van der Waals surface area contributed by atoms with Crippen LogP contribution >= 0.6 is 0 Å². The summed E-state index contributed by atoms with van der Waals surface area (Å²) < 4.78 is 0.